The molecule has 0 spiro atoms. The average Bonchev–Trinajstić information content (AvgIpc) is 3.37. The molecule has 208 valence electrons. The Balaban J connectivity index is 1.37. The number of aromatic amines is 1. The molecule has 2 atom stereocenters. The van der Waals surface area contributed by atoms with Crippen molar-refractivity contribution in [2.45, 2.75) is 51.1 Å². The predicted molar refractivity (Wildman–Crippen MR) is 161 cm³/mol. The number of rotatable bonds is 9. The Hall–Kier alpha value is -4.10. The van der Waals surface area contributed by atoms with Crippen LogP contribution in [0.3, 0.4) is 0 Å². The number of benzene rings is 3. The molecule has 1 aliphatic rings. The van der Waals surface area contributed by atoms with Gasteiger partial charge in [0.15, 0.2) is 0 Å². The van der Waals surface area contributed by atoms with Crippen molar-refractivity contribution in [1.29, 1.82) is 0 Å². The van der Waals surface area contributed by atoms with E-state index in [0.717, 1.165) is 48.0 Å². The summed E-state index contributed by atoms with van der Waals surface area (Å²) in [7, 11) is 0. The fourth-order valence-corrected chi connectivity index (χ4v) is 5.64. The van der Waals surface area contributed by atoms with Gasteiger partial charge in [-0.05, 0) is 69.1 Å². The fraction of sp³-hybridized carbons (Fsp3) is 0.333. The zero-order valence-electron chi connectivity index (χ0n) is 23.4. The summed E-state index contributed by atoms with van der Waals surface area (Å²) in [5.74, 6) is -0.213. The Morgan fingerprint density at radius 3 is 2.38 bits per heavy atom. The first-order valence-corrected chi connectivity index (χ1v) is 14.2. The number of H-pyrrole nitrogens is 1. The third-order valence-corrected chi connectivity index (χ3v) is 7.89. The number of amides is 3. The molecule has 1 aromatic heterocycles. The maximum Gasteiger partial charge on any atom is 0.320 e. The van der Waals surface area contributed by atoms with Crippen LogP contribution in [-0.2, 0) is 11.2 Å². The molecule has 5 rings (SSSR count). The van der Waals surface area contributed by atoms with Crippen molar-refractivity contribution < 1.29 is 9.59 Å². The zero-order chi connectivity index (χ0) is 28.0. The molecule has 40 heavy (non-hydrogen) atoms. The lowest BCUT2D eigenvalue weighted by Crippen LogP contribution is -2.59. The van der Waals surface area contributed by atoms with Crippen molar-refractivity contribution in [3.05, 3.63) is 102 Å². The van der Waals surface area contributed by atoms with Crippen molar-refractivity contribution >= 4 is 28.5 Å². The molecule has 7 nitrogen and oxygen atoms in total. The number of aromatic nitrogens is 1. The van der Waals surface area contributed by atoms with E-state index in [1.807, 2.05) is 79.9 Å². The maximum absolute atomic E-state index is 14.0. The van der Waals surface area contributed by atoms with E-state index < -0.39 is 11.6 Å². The Kier molecular flexibility index (Phi) is 8.51. The number of carbonyl (C=O) groups excluding carboxylic acids is 2. The van der Waals surface area contributed by atoms with Crippen LogP contribution in [0.5, 0.6) is 0 Å². The van der Waals surface area contributed by atoms with Crippen molar-refractivity contribution in [1.82, 2.24) is 20.5 Å². The molecule has 4 aromatic rings. The van der Waals surface area contributed by atoms with Crippen LogP contribution < -0.4 is 16.0 Å². The van der Waals surface area contributed by atoms with E-state index in [4.69, 9.17) is 0 Å². The van der Waals surface area contributed by atoms with Gasteiger partial charge in [0.2, 0.25) is 5.91 Å². The van der Waals surface area contributed by atoms with Crippen LogP contribution in [0, 0.1) is 6.92 Å². The van der Waals surface area contributed by atoms with E-state index in [9.17, 15) is 9.59 Å². The first-order chi connectivity index (χ1) is 19.4. The summed E-state index contributed by atoms with van der Waals surface area (Å²) in [6.07, 6.45) is 5.83. The number of anilines is 1. The quantitative estimate of drug-likeness (QED) is 0.213. The van der Waals surface area contributed by atoms with Crippen molar-refractivity contribution in [2.24, 2.45) is 0 Å². The summed E-state index contributed by atoms with van der Waals surface area (Å²) in [5.41, 5.74) is 3.75. The van der Waals surface area contributed by atoms with E-state index in [-0.39, 0.29) is 11.9 Å². The molecule has 1 aliphatic heterocycles. The van der Waals surface area contributed by atoms with E-state index >= 15 is 0 Å². The summed E-state index contributed by atoms with van der Waals surface area (Å²) in [5, 5.41) is 10.2. The van der Waals surface area contributed by atoms with Crippen LogP contribution in [0.2, 0.25) is 0 Å². The van der Waals surface area contributed by atoms with E-state index in [1.165, 1.54) is 12.0 Å². The number of para-hydroxylation sites is 1. The van der Waals surface area contributed by atoms with Crippen molar-refractivity contribution in [2.75, 3.05) is 25.0 Å². The normalized spacial score (nSPS) is 16.1. The molecule has 2 heterocycles. The molecule has 3 aromatic carbocycles. The van der Waals surface area contributed by atoms with E-state index in [1.54, 1.807) is 6.92 Å². The van der Waals surface area contributed by atoms with Crippen LogP contribution in [0.4, 0.5) is 10.5 Å². The van der Waals surface area contributed by atoms with Gasteiger partial charge in [0.25, 0.3) is 0 Å². The lowest BCUT2D eigenvalue weighted by atomic mass is 9.91. The number of carbonyl (C=O) groups is 2. The lowest BCUT2D eigenvalue weighted by Gasteiger charge is -2.36. The minimum absolute atomic E-state index is 0.0733. The molecular weight excluding hydrogens is 498 g/mol. The summed E-state index contributed by atoms with van der Waals surface area (Å²) in [6, 6.07) is 25.6. The van der Waals surface area contributed by atoms with Gasteiger partial charge >= 0.3 is 6.03 Å². The zero-order valence-corrected chi connectivity index (χ0v) is 23.4. The van der Waals surface area contributed by atoms with Crippen LogP contribution in [0.15, 0.2) is 85.1 Å². The number of nitrogens with zero attached hydrogens (tertiary/aromatic N) is 1. The van der Waals surface area contributed by atoms with Crippen LogP contribution in [0.25, 0.3) is 10.9 Å². The molecule has 0 aliphatic carbocycles. The van der Waals surface area contributed by atoms with Crippen molar-refractivity contribution in [3.63, 3.8) is 0 Å². The number of piperidine rings is 1. The minimum Gasteiger partial charge on any atom is -0.361 e. The minimum atomic E-state index is -1.19. The number of hydrogen-bond donors (Lipinski definition) is 4. The van der Waals surface area contributed by atoms with E-state index in [2.05, 4.69) is 38.0 Å². The summed E-state index contributed by atoms with van der Waals surface area (Å²) in [6.45, 7) is 6.29. The number of nitrogens with one attached hydrogen (secondary N) is 4. The summed E-state index contributed by atoms with van der Waals surface area (Å²) < 4.78 is 0. The smallest absolute Gasteiger partial charge is 0.320 e. The summed E-state index contributed by atoms with van der Waals surface area (Å²) >= 11 is 0. The maximum atomic E-state index is 14.0. The number of aryl methyl sites for hydroxylation is 1. The van der Waals surface area contributed by atoms with Crippen LogP contribution >= 0.6 is 0 Å². The third-order valence-electron chi connectivity index (χ3n) is 7.89. The van der Waals surface area contributed by atoms with Gasteiger partial charge in [0, 0.05) is 35.8 Å². The predicted octanol–water partition coefficient (Wildman–Crippen LogP) is 5.94. The monoisotopic (exact) mass is 537 g/mol. The highest BCUT2D eigenvalue weighted by Crippen LogP contribution is 2.26. The highest BCUT2D eigenvalue weighted by atomic mass is 16.2. The first kappa shape index (κ1) is 27.5. The van der Waals surface area contributed by atoms with E-state index in [0.29, 0.717) is 18.7 Å². The van der Waals surface area contributed by atoms with Gasteiger partial charge in [-0.2, -0.15) is 0 Å². The number of fused-ring (bicyclic) bond motifs is 1. The number of likely N-dealkylation sites (tertiary alicyclic amines) is 1. The van der Waals surface area contributed by atoms with Gasteiger partial charge in [0.05, 0.1) is 6.04 Å². The first-order valence-electron chi connectivity index (χ1n) is 14.2. The second-order valence-corrected chi connectivity index (χ2v) is 11.0. The molecule has 1 fully saturated rings. The van der Waals surface area contributed by atoms with Gasteiger partial charge in [-0.3, -0.25) is 9.69 Å². The van der Waals surface area contributed by atoms with Gasteiger partial charge in [-0.1, -0.05) is 72.6 Å². The molecule has 0 radical (unpaired) electrons. The van der Waals surface area contributed by atoms with Gasteiger partial charge in [0.1, 0.15) is 5.54 Å². The molecule has 4 N–H and O–H groups in total. The highest BCUT2D eigenvalue weighted by molar-refractivity contribution is 5.96. The lowest BCUT2D eigenvalue weighted by molar-refractivity contribution is -0.126. The van der Waals surface area contributed by atoms with Crippen LogP contribution in [0.1, 0.15) is 48.9 Å². The fourth-order valence-electron chi connectivity index (χ4n) is 5.64. The molecule has 2 unspecified atom stereocenters. The Morgan fingerprint density at radius 1 is 0.925 bits per heavy atom. The molecule has 0 saturated carbocycles. The largest absolute Gasteiger partial charge is 0.361 e. The van der Waals surface area contributed by atoms with Gasteiger partial charge in [-0.25, -0.2) is 4.79 Å². The number of urea groups is 1. The molecular formula is C33H39N5O2. The molecule has 3 amide bonds. The van der Waals surface area contributed by atoms with Crippen LogP contribution in [-0.4, -0.2) is 47.0 Å². The Morgan fingerprint density at radius 2 is 1.62 bits per heavy atom. The highest BCUT2D eigenvalue weighted by Gasteiger charge is 2.37. The Labute approximate surface area is 236 Å². The van der Waals surface area contributed by atoms with Gasteiger partial charge in [-0.15, -0.1) is 0 Å². The number of hydrogen-bond acceptors (Lipinski definition) is 3. The SMILES string of the molecule is Cc1ccc(NC(=O)NC(C)(Cc2c[nH]c3ccccc23)C(=O)NCC(c2ccccc2)N2CCCCC2)cc1. The average molecular weight is 538 g/mol. The molecule has 1 saturated heterocycles. The third kappa shape index (κ3) is 6.54. The molecule has 0 bridgehead atoms. The molecule has 7 heteroatoms. The summed E-state index contributed by atoms with van der Waals surface area (Å²) in [4.78, 5) is 33.0. The second-order valence-electron chi connectivity index (χ2n) is 11.0. The Bertz CT molecular complexity index is 1430. The second kappa shape index (κ2) is 12.4. The van der Waals surface area contributed by atoms with Crippen molar-refractivity contribution in [3.8, 4) is 0 Å². The standard InChI is InChI=1S/C33H39N5O2/c1-24-15-17-27(18-16-24)36-32(40)37-33(2,21-26-22-34-29-14-8-7-13-28(26)29)31(39)35-23-30(25-11-5-3-6-12-25)38-19-9-4-10-20-38/h3,5-8,11-18,22,30,34H,4,9-10,19-21,23H2,1-2H3,(H,35,39)(H2,36,37,40). The topological polar surface area (TPSA) is 89.3 Å². The van der Waals surface area contributed by atoms with Gasteiger partial charge < -0.3 is 20.9 Å².